The second-order valence-corrected chi connectivity index (χ2v) is 4.00. The maximum atomic E-state index is 10.8. The van der Waals surface area contributed by atoms with Crippen LogP contribution in [0.3, 0.4) is 0 Å². The van der Waals surface area contributed by atoms with Gasteiger partial charge in [0.15, 0.2) is 0 Å². The number of hydrogen-bond acceptors (Lipinski definition) is 5. The topological polar surface area (TPSA) is 54.0 Å². The molecule has 0 heterocycles. The minimum Gasteiger partial charge on any atom is -0.463 e. The molecule has 0 N–H and O–H groups in total. The monoisotopic (exact) mass is 268 g/mol. The van der Waals surface area contributed by atoms with E-state index in [2.05, 4.69) is 0 Å². The summed E-state index contributed by atoms with van der Waals surface area (Å²) >= 11 is 0. The Bertz CT molecular complexity index is 352. The summed E-state index contributed by atoms with van der Waals surface area (Å²) in [6.07, 6.45) is -0.306. The first-order valence-corrected chi connectivity index (χ1v) is 6.08. The van der Waals surface area contributed by atoms with Crippen LogP contribution in [-0.2, 0) is 30.3 Å². The van der Waals surface area contributed by atoms with Crippen molar-refractivity contribution < 1.29 is 23.7 Å². The number of ether oxygens (including phenoxy) is 4. The summed E-state index contributed by atoms with van der Waals surface area (Å²) < 4.78 is 20.6. The molecule has 0 aromatic heterocycles. The van der Waals surface area contributed by atoms with Crippen molar-refractivity contribution in [1.29, 1.82) is 0 Å². The SMILES string of the molecule is COCOC[C@@H](COC(C)=O)OCc1ccccc1. The summed E-state index contributed by atoms with van der Waals surface area (Å²) in [5.74, 6) is -0.333. The highest BCUT2D eigenvalue weighted by Crippen LogP contribution is 2.05. The Morgan fingerprint density at radius 1 is 1.21 bits per heavy atom. The van der Waals surface area contributed by atoms with Crippen molar-refractivity contribution in [3.8, 4) is 0 Å². The molecule has 0 saturated heterocycles. The Labute approximate surface area is 113 Å². The van der Waals surface area contributed by atoms with Crippen LogP contribution in [0.5, 0.6) is 0 Å². The number of benzene rings is 1. The minimum atomic E-state index is -0.333. The van der Waals surface area contributed by atoms with Gasteiger partial charge in [0.25, 0.3) is 0 Å². The number of carbonyl (C=O) groups is 1. The Kier molecular flexibility index (Phi) is 7.81. The average molecular weight is 268 g/mol. The van der Waals surface area contributed by atoms with E-state index in [1.807, 2.05) is 30.3 Å². The van der Waals surface area contributed by atoms with Crippen LogP contribution in [0.15, 0.2) is 30.3 Å². The van der Waals surface area contributed by atoms with Crippen LogP contribution in [0.1, 0.15) is 12.5 Å². The summed E-state index contributed by atoms with van der Waals surface area (Å²) in [4.78, 5) is 10.8. The summed E-state index contributed by atoms with van der Waals surface area (Å²) in [5, 5.41) is 0. The highest BCUT2D eigenvalue weighted by molar-refractivity contribution is 5.65. The molecule has 0 amide bonds. The van der Waals surface area contributed by atoms with Gasteiger partial charge in [0, 0.05) is 14.0 Å². The van der Waals surface area contributed by atoms with E-state index in [0.29, 0.717) is 13.2 Å². The molecule has 5 nitrogen and oxygen atoms in total. The lowest BCUT2D eigenvalue weighted by molar-refractivity contribution is -0.149. The van der Waals surface area contributed by atoms with Gasteiger partial charge >= 0.3 is 5.97 Å². The molecule has 0 spiro atoms. The zero-order chi connectivity index (χ0) is 13.9. The second kappa shape index (κ2) is 9.49. The number of methoxy groups -OCH3 is 1. The van der Waals surface area contributed by atoms with E-state index in [-0.39, 0.29) is 25.5 Å². The molecule has 0 aliphatic heterocycles. The zero-order valence-corrected chi connectivity index (χ0v) is 11.3. The van der Waals surface area contributed by atoms with Crippen LogP contribution in [0, 0.1) is 0 Å². The lowest BCUT2D eigenvalue weighted by atomic mass is 10.2. The third-order valence-corrected chi connectivity index (χ3v) is 2.31. The van der Waals surface area contributed by atoms with E-state index < -0.39 is 0 Å². The molecule has 1 aromatic rings. The van der Waals surface area contributed by atoms with Crippen molar-refractivity contribution in [2.45, 2.75) is 19.6 Å². The van der Waals surface area contributed by atoms with Crippen molar-refractivity contribution >= 4 is 5.97 Å². The molecule has 0 bridgehead atoms. The molecule has 5 heteroatoms. The molecule has 0 aliphatic rings. The van der Waals surface area contributed by atoms with Crippen LogP contribution in [-0.4, -0.2) is 39.2 Å². The maximum Gasteiger partial charge on any atom is 0.302 e. The Morgan fingerprint density at radius 2 is 1.95 bits per heavy atom. The molecule has 0 radical (unpaired) electrons. The third kappa shape index (κ3) is 7.56. The van der Waals surface area contributed by atoms with Crippen LogP contribution in [0.25, 0.3) is 0 Å². The van der Waals surface area contributed by atoms with Crippen molar-refractivity contribution in [2.75, 3.05) is 27.1 Å². The normalized spacial score (nSPS) is 12.1. The van der Waals surface area contributed by atoms with Gasteiger partial charge in [0.05, 0.1) is 13.2 Å². The third-order valence-electron chi connectivity index (χ3n) is 2.31. The van der Waals surface area contributed by atoms with E-state index in [4.69, 9.17) is 18.9 Å². The van der Waals surface area contributed by atoms with Gasteiger partial charge in [-0.3, -0.25) is 4.79 Å². The van der Waals surface area contributed by atoms with Crippen LogP contribution < -0.4 is 0 Å². The predicted octanol–water partition coefficient (Wildman–Crippen LogP) is 1.76. The molecular weight excluding hydrogens is 248 g/mol. The van der Waals surface area contributed by atoms with Gasteiger partial charge in [0.2, 0.25) is 0 Å². The maximum absolute atomic E-state index is 10.8. The van der Waals surface area contributed by atoms with Crippen LogP contribution >= 0.6 is 0 Å². The zero-order valence-electron chi connectivity index (χ0n) is 11.3. The second-order valence-electron chi connectivity index (χ2n) is 4.00. The van der Waals surface area contributed by atoms with Gasteiger partial charge in [0.1, 0.15) is 19.5 Å². The number of hydrogen-bond donors (Lipinski definition) is 0. The first kappa shape index (κ1) is 15.6. The lowest BCUT2D eigenvalue weighted by Crippen LogP contribution is -2.27. The summed E-state index contributed by atoms with van der Waals surface area (Å²) in [6.45, 7) is 2.48. The van der Waals surface area contributed by atoms with Gasteiger partial charge in [-0.2, -0.15) is 0 Å². The lowest BCUT2D eigenvalue weighted by Gasteiger charge is -2.17. The van der Waals surface area contributed by atoms with E-state index in [1.165, 1.54) is 6.92 Å². The summed E-state index contributed by atoms with van der Waals surface area (Å²) in [5.41, 5.74) is 1.06. The number of rotatable bonds is 9. The molecular formula is C14H20O5. The fourth-order valence-corrected chi connectivity index (χ4v) is 1.41. The fraction of sp³-hybridized carbons (Fsp3) is 0.500. The molecule has 106 valence electrons. The molecule has 1 aromatic carbocycles. The largest absolute Gasteiger partial charge is 0.463 e. The van der Waals surface area contributed by atoms with Crippen molar-refractivity contribution in [2.24, 2.45) is 0 Å². The standard InChI is InChI=1S/C14H20O5/c1-12(15)18-10-14(9-17-11-16-2)19-8-13-6-4-3-5-7-13/h3-7,14H,8-11H2,1-2H3/t14-/m0/s1. The highest BCUT2D eigenvalue weighted by Gasteiger charge is 2.12. The highest BCUT2D eigenvalue weighted by atomic mass is 16.7. The first-order chi connectivity index (χ1) is 9.22. The van der Waals surface area contributed by atoms with Crippen molar-refractivity contribution in [3.05, 3.63) is 35.9 Å². The van der Waals surface area contributed by atoms with Crippen LogP contribution in [0.2, 0.25) is 0 Å². The van der Waals surface area contributed by atoms with E-state index in [9.17, 15) is 4.79 Å². The number of carbonyl (C=O) groups excluding carboxylic acids is 1. The first-order valence-electron chi connectivity index (χ1n) is 6.08. The van der Waals surface area contributed by atoms with Gasteiger partial charge in [-0.1, -0.05) is 30.3 Å². The van der Waals surface area contributed by atoms with Crippen LogP contribution in [0.4, 0.5) is 0 Å². The average Bonchev–Trinajstić information content (AvgIpc) is 2.42. The molecule has 1 rings (SSSR count). The van der Waals surface area contributed by atoms with E-state index in [0.717, 1.165) is 5.56 Å². The Balaban J connectivity index is 2.36. The van der Waals surface area contributed by atoms with Crippen molar-refractivity contribution in [3.63, 3.8) is 0 Å². The van der Waals surface area contributed by atoms with E-state index >= 15 is 0 Å². The minimum absolute atomic E-state index is 0.173. The molecule has 0 fully saturated rings. The summed E-state index contributed by atoms with van der Waals surface area (Å²) in [6, 6.07) is 9.78. The van der Waals surface area contributed by atoms with Gasteiger partial charge in [-0.25, -0.2) is 0 Å². The molecule has 1 atom stereocenters. The molecule has 19 heavy (non-hydrogen) atoms. The van der Waals surface area contributed by atoms with Gasteiger partial charge < -0.3 is 18.9 Å². The summed E-state index contributed by atoms with van der Waals surface area (Å²) in [7, 11) is 1.55. The fourth-order valence-electron chi connectivity index (χ4n) is 1.41. The molecule has 0 unspecified atom stereocenters. The van der Waals surface area contributed by atoms with Gasteiger partial charge in [-0.15, -0.1) is 0 Å². The van der Waals surface area contributed by atoms with E-state index in [1.54, 1.807) is 7.11 Å². The quantitative estimate of drug-likeness (QED) is 0.388. The molecule has 0 saturated carbocycles. The number of esters is 1. The van der Waals surface area contributed by atoms with Gasteiger partial charge in [-0.05, 0) is 5.56 Å². The Morgan fingerprint density at radius 3 is 2.58 bits per heavy atom. The Hall–Kier alpha value is -1.43. The molecule has 0 aliphatic carbocycles. The smallest absolute Gasteiger partial charge is 0.302 e. The van der Waals surface area contributed by atoms with Crippen molar-refractivity contribution in [1.82, 2.24) is 0 Å². The predicted molar refractivity (Wildman–Crippen MR) is 69.5 cm³/mol.